The van der Waals surface area contributed by atoms with Crippen molar-refractivity contribution in [3.63, 3.8) is 0 Å². The molecule has 0 aromatic heterocycles. The van der Waals surface area contributed by atoms with Gasteiger partial charge in [-0.15, -0.1) is 0 Å². The number of halogens is 1. The van der Waals surface area contributed by atoms with Gasteiger partial charge in [-0.25, -0.2) is 0 Å². The van der Waals surface area contributed by atoms with E-state index < -0.39 is 0 Å². The smallest absolute Gasteiger partial charge is 0.258 e. The summed E-state index contributed by atoms with van der Waals surface area (Å²) in [6.45, 7) is 2.53. The minimum Gasteiger partial charge on any atom is -0.484 e. The lowest BCUT2D eigenvalue weighted by molar-refractivity contribution is -0.123. The topological polar surface area (TPSA) is 38.3 Å². The van der Waals surface area contributed by atoms with Crippen molar-refractivity contribution in [1.82, 2.24) is 5.32 Å². The van der Waals surface area contributed by atoms with E-state index in [2.05, 4.69) is 12.2 Å². The third-order valence-corrected chi connectivity index (χ3v) is 3.29. The molecule has 0 saturated carbocycles. The van der Waals surface area contributed by atoms with Crippen molar-refractivity contribution in [3.05, 3.63) is 64.7 Å². The molecule has 110 valence electrons. The number of aryl methyl sites for hydroxylation is 1. The minimum atomic E-state index is -0.156. The van der Waals surface area contributed by atoms with Crippen LogP contribution in [0.3, 0.4) is 0 Å². The van der Waals surface area contributed by atoms with E-state index in [0.29, 0.717) is 17.3 Å². The van der Waals surface area contributed by atoms with Crippen molar-refractivity contribution in [2.75, 3.05) is 6.61 Å². The average molecular weight is 304 g/mol. The van der Waals surface area contributed by atoms with Crippen LogP contribution in [0.2, 0.25) is 5.02 Å². The van der Waals surface area contributed by atoms with E-state index in [0.717, 1.165) is 12.0 Å². The third kappa shape index (κ3) is 5.12. The van der Waals surface area contributed by atoms with Crippen LogP contribution >= 0.6 is 11.6 Å². The predicted octanol–water partition coefficient (Wildman–Crippen LogP) is 3.60. The van der Waals surface area contributed by atoms with E-state index in [4.69, 9.17) is 16.3 Å². The zero-order valence-corrected chi connectivity index (χ0v) is 12.7. The Morgan fingerprint density at radius 2 is 1.90 bits per heavy atom. The summed E-state index contributed by atoms with van der Waals surface area (Å²) in [5.41, 5.74) is 2.15. The van der Waals surface area contributed by atoms with Crippen LogP contribution in [0, 0.1) is 0 Å². The molecule has 2 aromatic rings. The molecule has 0 heterocycles. The summed E-state index contributed by atoms with van der Waals surface area (Å²) in [6.07, 6.45) is 0.943. The number of nitrogens with one attached hydrogen (secondary N) is 1. The summed E-state index contributed by atoms with van der Waals surface area (Å²) >= 11 is 5.89. The molecule has 3 nitrogen and oxygen atoms in total. The van der Waals surface area contributed by atoms with Crippen LogP contribution in [0.15, 0.2) is 48.5 Å². The molecular formula is C17H18ClNO2. The molecule has 0 aliphatic heterocycles. The van der Waals surface area contributed by atoms with Gasteiger partial charge in [-0.05, 0) is 41.8 Å². The van der Waals surface area contributed by atoms with Gasteiger partial charge in [0.15, 0.2) is 6.61 Å². The van der Waals surface area contributed by atoms with Gasteiger partial charge in [-0.2, -0.15) is 0 Å². The number of hydrogen-bond donors (Lipinski definition) is 1. The highest BCUT2D eigenvalue weighted by Crippen LogP contribution is 2.13. The number of amides is 1. The predicted molar refractivity (Wildman–Crippen MR) is 84.6 cm³/mol. The maximum absolute atomic E-state index is 11.8. The van der Waals surface area contributed by atoms with E-state index in [1.54, 1.807) is 6.07 Å². The van der Waals surface area contributed by atoms with Crippen LogP contribution in [0.25, 0.3) is 0 Å². The largest absolute Gasteiger partial charge is 0.484 e. The second-order valence-corrected chi connectivity index (χ2v) is 5.13. The van der Waals surface area contributed by atoms with Crippen molar-refractivity contribution < 1.29 is 9.53 Å². The van der Waals surface area contributed by atoms with E-state index in [-0.39, 0.29) is 12.5 Å². The average Bonchev–Trinajstić information content (AvgIpc) is 2.51. The molecule has 0 saturated heterocycles. The minimum absolute atomic E-state index is 0.00767. The molecule has 0 aliphatic carbocycles. The maximum Gasteiger partial charge on any atom is 0.258 e. The van der Waals surface area contributed by atoms with E-state index >= 15 is 0 Å². The quantitative estimate of drug-likeness (QED) is 0.885. The standard InChI is InChI=1S/C17H18ClNO2/c1-2-13-5-4-8-16(10-13)21-12-17(20)19-11-14-6-3-7-15(18)9-14/h3-10H,2,11-12H2,1H3,(H,19,20). The normalized spacial score (nSPS) is 10.2. The van der Waals surface area contributed by atoms with E-state index in [9.17, 15) is 4.79 Å². The second-order valence-electron chi connectivity index (χ2n) is 4.70. The zero-order chi connectivity index (χ0) is 15.1. The van der Waals surface area contributed by atoms with Gasteiger partial charge in [0.1, 0.15) is 5.75 Å². The number of carbonyl (C=O) groups is 1. The highest BCUT2D eigenvalue weighted by molar-refractivity contribution is 6.30. The number of rotatable bonds is 6. The molecule has 0 atom stereocenters. The molecule has 0 unspecified atom stereocenters. The van der Waals surface area contributed by atoms with Crippen LogP contribution in [0.1, 0.15) is 18.1 Å². The van der Waals surface area contributed by atoms with Crippen molar-refractivity contribution in [1.29, 1.82) is 0 Å². The SMILES string of the molecule is CCc1cccc(OCC(=O)NCc2cccc(Cl)c2)c1. The molecule has 0 aliphatic rings. The lowest BCUT2D eigenvalue weighted by Gasteiger charge is -2.08. The lowest BCUT2D eigenvalue weighted by atomic mass is 10.2. The van der Waals surface area contributed by atoms with Crippen LogP contribution in [0.4, 0.5) is 0 Å². The van der Waals surface area contributed by atoms with E-state index in [1.807, 2.05) is 42.5 Å². The van der Waals surface area contributed by atoms with Crippen LogP contribution in [0.5, 0.6) is 5.75 Å². The Hall–Kier alpha value is -2.00. The summed E-state index contributed by atoms with van der Waals surface area (Å²) in [4.78, 5) is 11.8. The van der Waals surface area contributed by atoms with Crippen LogP contribution in [-0.2, 0) is 17.8 Å². The molecule has 0 radical (unpaired) electrons. The first-order valence-corrected chi connectivity index (χ1v) is 7.28. The molecule has 0 fully saturated rings. The fourth-order valence-electron chi connectivity index (χ4n) is 1.90. The van der Waals surface area contributed by atoms with Gasteiger partial charge >= 0.3 is 0 Å². The summed E-state index contributed by atoms with van der Waals surface area (Å²) in [5.74, 6) is 0.559. The molecule has 0 spiro atoms. The molecule has 1 amide bonds. The van der Waals surface area contributed by atoms with Gasteiger partial charge in [0.25, 0.3) is 5.91 Å². The molecule has 4 heteroatoms. The summed E-state index contributed by atoms with van der Waals surface area (Å²) < 4.78 is 5.48. The van der Waals surface area contributed by atoms with Crippen molar-refractivity contribution >= 4 is 17.5 Å². The highest BCUT2D eigenvalue weighted by atomic mass is 35.5. The zero-order valence-electron chi connectivity index (χ0n) is 11.9. The van der Waals surface area contributed by atoms with Gasteiger partial charge in [-0.1, -0.05) is 42.8 Å². The summed E-state index contributed by atoms with van der Waals surface area (Å²) in [6, 6.07) is 15.2. The molecule has 2 rings (SSSR count). The van der Waals surface area contributed by atoms with E-state index in [1.165, 1.54) is 5.56 Å². The Morgan fingerprint density at radius 1 is 1.14 bits per heavy atom. The monoisotopic (exact) mass is 303 g/mol. The van der Waals surface area contributed by atoms with Crippen molar-refractivity contribution in [2.24, 2.45) is 0 Å². The number of benzene rings is 2. The van der Waals surface area contributed by atoms with Gasteiger partial charge < -0.3 is 10.1 Å². The van der Waals surface area contributed by atoms with Crippen LogP contribution in [-0.4, -0.2) is 12.5 Å². The Bertz CT molecular complexity index is 613. The van der Waals surface area contributed by atoms with Crippen molar-refractivity contribution in [2.45, 2.75) is 19.9 Å². The fourth-order valence-corrected chi connectivity index (χ4v) is 2.12. The van der Waals surface area contributed by atoms with Gasteiger partial charge in [0.05, 0.1) is 0 Å². The van der Waals surface area contributed by atoms with Crippen molar-refractivity contribution in [3.8, 4) is 5.75 Å². The van der Waals surface area contributed by atoms with Gasteiger partial charge in [0.2, 0.25) is 0 Å². The Kier molecular flexibility index (Phi) is 5.64. The van der Waals surface area contributed by atoms with Gasteiger partial charge in [0, 0.05) is 11.6 Å². The number of carbonyl (C=O) groups excluding carboxylic acids is 1. The van der Waals surface area contributed by atoms with Crippen LogP contribution < -0.4 is 10.1 Å². The first kappa shape index (κ1) is 15.4. The number of ether oxygens (including phenoxy) is 1. The molecular weight excluding hydrogens is 286 g/mol. The molecule has 21 heavy (non-hydrogen) atoms. The summed E-state index contributed by atoms with van der Waals surface area (Å²) in [7, 11) is 0. The second kappa shape index (κ2) is 7.70. The third-order valence-electron chi connectivity index (χ3n) is 3.06. The maximum atomic E-state index is 11.8. The summed E-state index contributed by atoms with van der Waals surface area (Å²) in [5, 5.41) is 3.46. The first-order valence-electron chi connectivity index (χ1n) is 6.90. The Labute approximate surface area is 129 Å². The highest BCUT2D eigenvalue weighted by Gasteiger charge is 2.03. The lowest BCUT2D eigenvalue weighted by Crippen LogP contribution is -2.28. The van der Waals surface area contributed by atoms with Gasteiger partial charge in [-0.3, -0.25) is 4.79 Å². The Balaban J connectivity index is 1.79. The first-order chi connectivity index (χ1) is 10.2. The Morgan fingerprint density at radius 3 is 2.67 bits per heavy atom. The molecule has 1 N–H and O–H groups in total. The fraction of sp³-hybridized carbons (Fsp3) is 0.235. The molecule has 0 bridgehead atoms. The number of hydrogen-bond acceptors (Lipinski definition) is 2. The molecule has 2 aromatic carbocycles.